The Morgan fingerprint density at radius 1 is 1.18 bits per heavy atom. The van der Waals surface area contributed by atoms with Gasteiger partial charge in [0.2, 0.25) is 0 Å². The van der Waals surface area contributed by atoms with Crippen LogP contribution in [0.1, 0.15) is 33.2 Å². The number of methoxy groups -OCH3 is 1. The van der Waals surface area contributed by atoms with Gasteiger partial charge in [-0.1, -0.05) is 12.1 Å². The summed E-state index contributed by atoms with van der Waals surface area (Å²) in [6.45, 7) is 0.799. The number of benzene rings is 2. The number of amides is 1. The molecule has 1 aliphatic heterocycles. The van der Waals surface area contributed by atoms with Gasteiger partial charge in [-0.15, -0.1) is 5.10 Å². The highest BCUT2D eigenvalue weighted by Crippen LogP contribution is 2.33. The monoisotopic (exact) mass is 447 g/mol. The molecule has 0 saturated carbocycles. The number of nitrogens with zero attached hydrogens (tertiary/aromatic N) is 6. The van der Waals surface area contributed by atoms with Crippen molar-refractivity contribution >= 4 is 12.4 Å². The number of hydrogen-bond acceptors (Lipinski definition) is 7. The van der Waals surface area contributed by atoms with E-state index in [1.165, 1.54) is 6.33 Å². The van der Waals surface area contributed by atoms with E-state index >= 15 is 0 Å². The molecule has 0 radical (unpaired) electrons. The largest absolute Gasteiger partial charge is 0.497 e. The summed E-state index contributed by atoms with van der Waals surface area (Å²) in [6, 6.07) is 15.2. The van der Waals surface area contributed by atoms with Crippen molar-refractivity contribution in [2.45, 2.75) is 12.5 Å². The van der Waals surface area contributed by atoms with E-state index in [2.05, 4.69) is 25.5 Å². The number of imidazole rings is 1. The van der Waals surface area contributed by atoms with Gasteiger partial charge in [-0.25, -0.2) is 9.67 Å². The number of aromatic nitrogens is 6. The predicted molar refractivity (Wildman–Crippen MR) is 116 cm³/mol. The molecule has 5 rings (SSSR count). The van der Waals surface area contributed by atoms with Crippen molar-refractivity contribution < 1.29 is 19.4 Å². The Morgan fingerprint density at radius 2 is 1.91 bits per heavy atom. The summed E-state index contributed by atoms with van der Waals surface area (Å²) < 4.78 is 6.81. The summed E-state index contributed by atoms with van der Waals surface area (Å²) in [5.74, 6) is 0.764. The summed E-state index contributed by atoms with van der Waals surface area (Å²) in [5.41, 5.74) is 4.44. The van der Waals surface area contributed by atoms with Gasteiger partial charge in [-0.2, -0.15) is 0 Å². The number of hydrogen-bond donors (Lipinski definition) is 2. The molecule has 2 aromatic carbocycles. The molecule has 0 bridgehead atoms. The highest BCUT2D eigenvalue weighted by Gasteiger charge is 2.31. The zero-order chi connectivity index (χ0) is 23.2. The lowest BCUT2D eigenvalue weighted by Gasteiger charge is -2.32. The third-order valence-electron chi connectivity index (χ3n) is 5.37. The van der Waals surface area contributed by atoms with Crippen LogP contribution in [0.15, 0.2) is 61.2 Å². The molecular weight excluding hydrogens is 426 g/mol. The van der Waals surface area contributed by atoms with Crippen LogP contribution >= 0.6 is 0 Å². The van der Waals surface area contributed by atoms with Crippen molar-refractivity contribution in [1.29, 1.82) is 0 Å². The molecule has 4 aromatic rings. The molecule has 11 heteroatoms. The Kier molecular flexibility index (Phi) is 6.39. The molecular formula is C22H21N7O4. The molecule has 1 amide bonds. The third kappa shape index (κ3) is 4.56. The van der Waals surface area contributed by atoms with Crippen molar-refractivity contribution in [2.75, 3.05) is 13.7 Å². The Hall–Kier alpha value is -4.54. The van der Waals surface area contributed by atoms with Gasteiger partial charge < -0.3 is 19.7 Å². The number of tetrazole rings is 1. The number of carbonyl (C=O) groups excluding carboxylic acids is 1. The van der Waals surface area contributed by atoms with Crippen molar-refractivity contribution in [3.8, 4) is 11.4 Å². The molecule has 2 N–H and O–H groups in total. The van der Waals surface area contributed by atoms with Gasteiger partial charge in [-0.05, 0) is 52.4 Å². The molecule has 1 aliphatic rings. The van der Waals surface area contributed by atoms with Crippen LogP contribution in [0, 0.1) is 0 Å². The minimum Gasteiger partial charge on any atom is -0.497 e. The van der Waals surface area contributed by atoms with Gasteiger partial charge >= 0.3 is 0 Å². The predicted octanol–water partition coefficient (Wildman–Crippen LogP) is 1.88. The van der Waals surface area contributed by atoms with E-state index in [4.69, 9.17) is 14.6 Å². The summed E-state index contributed by atoms with van der Waals surface area (Å²) in [5, 5.41) is 18.0. The van der Waals surface area contributed by atoms with E-state index in [1.807, 2.05) is 41.3 Å². The Morgan fingerprint density at radius 3 is 2.55 bits per heavy atom. The second-order valence-corrected chi connectivity index (χ2v) is 7.18. The van der Waals surface area contributed by atoms with Gasteiger partial charge in [0, 0.05) is 18.0 Å². The van der Waals surface area contributed by atoms with Gasteiger partial charge in [0.1, 0.15) is 12.1 Å². The lowest BCUT2D eigenvalue weighted by Crippen LogP contribution is -2.38. The summed E-state index contributed by atoms with van der Waals surface area (Å²) in [4.78, 5) is 31.1. The quantitative estimate of drug-likeness (QED) is 0.452. The average Bonchev–Trinajstić information content (AvgIpc) is 3.56. The number of rotatable bonds is 4. The fourth-order valence-electron chi connectivity index (χ4n) is 3.79. The number of fused-ring (bicyclic) bond motifs is 1. The smallest absolute Gasteiger partial charge is 0.290 e. The average molecular weight is 447 g/mol. The first kappa shape index (κ1) is 21.7. The molecule has 33 heavy (non-hydrogen) atoms. The van der Waals surface area contributed by atoms with Crippen LogP contribution in [0.5, 0.6) is 5.75 Å². The van der Waals surface area contributed by atoms with Crippen molar-refractivity contribution in [2.24, 2.45) is 0 Å². The zero-order valence-corrected chi connectivity index (χ0v) is 17.7. The van der Waals surface area contributed by atoms with Gasteiger partial charge in [-0.3, -0.25) is 9.59 Å². The number of nitrogens with one attached hydrogen (secondary N) is 1. The Balaban J connectivity index is 0.000000821. The molecule has 11 nitrogen and oxygen atoms in total. The van der Waals surface area contributed by atoms with E-state index in [1.54, 1.807) is 30.3 Å². The molecule has 0 spiro atoms. The number of ether oxygens (including phenoxy) is 1. The van der Waals surface area contributed by atoms with Crippen LogP contribution < -0.4 is 4.74 Å². The van der Waals surface area contributed by atoms with Crippen LogP contribution in [0.25, 0.3) is 5.69 Å². The molecule has 0 saturated heterocycles. The second kappa shape index (κ2) is 9.73. The first-order chi connectivity index (χ1) is 16.1. The summed E-state index contributed by atoms with van der Waals surface area (Å²) >= 11 is 0. The van der Waals surface area contributed by atoms with E-state index in [9.17, 15) is 4.79 Å². The maximum absolute atomic E-state index is 13.2. The fraction of sp³-hybridized carbons (Fsp3) is 0.182. The van der Waals surface area contributed by atoms with Crippen LogP contribution in [0.3, 0.4) is 0 Å². The van der Waals surface area contributed by atoms with Crippen LogP contribution in [-0.2, 0) is 11.3 Å². The van der Waals surface area contributed by atoms with Gasteiger partial charge in [0.05, 0.1) is 37.1 Å². The summed E-state index contributed by atoms with van der Waals surface area (Å²) in [6.07, 6.45) is 3.21. The van der Waals surface area contributed by atoms with Crippen molar-refractivity contribution in [1.82, 2.24) is 35.1 Å². The van der Waals surface area contributed by atoms with E-state index in [-0.39, 0.29) is 18.3 Å². The highest BCUT2D eigenvalue weighted by atomic mass is 16.5. The maximum atomic E-state index is 13.2. The SMILES string of the molecule is COc1ccc(C2CN(C(=O)c3ccc(-n4cnnn4)cc3)Cc3[nH]cnc32)cc1.O=CO. The highest BCUT2D eigenvalue weighted by molar-refractivity contribution is 5.94. The Labute approximate surface area is 188 Å². The Bertz CT molecular complexity index is 1200. The zero-order valence-electron chi connectivity index (χ0n) is 17.7. The minimum atomic E-state index is -0.250. The van der Waals surface area contributed by atoms with E-state index < -0.39 is 0 Å². The first-order valence-corrected chi connectivity index (χ1v) is 10.0. The molecule has 0 fully saturated rings. The standard InChI is InChI=1S/C21H19N7O2.CH2O2/c1-30-17-8-4-14(5-9-17)18-10-27(11-19-20(18)23-12-22-19)21(29)15-2-6-16(7-3-15)28-13-24-25-26-28;2-1-3/h2-9,12-13,18H,10-11H2,1H3,(H,22,23);1H,(H,2,3). The second-order valence-electron chi connectivity index (χ2n) is 7.18. The summed E-state index contributed by atoms with van der Waals surface area (Å²) in [7, 11) is 1.65. The lowest BCUT2D eigenvalue weighted by molar-refractivity contribution is -0.122. The van der Waals surface area contributed by atoms with E-state index in [0.717, 1.165) is 28.4 Å². The van der Waals surface area contributed by atoms with Crippen LogP contribution in [0.2, 0.25) is 0 Å². The van der Waals surface area contributed by atoms with E-state index in [0.29, 0.717) is 18.7 Å². The van der Waals surface area contributed by atoms with Crippen LogP contribution in [-0.4, -0.2) is 66.2 Å². The normalized spacial score (nSPS) is 14.6. The molecule has 1 unspecified atom stereocenters. The van der Waals surface area contributed by atoms with Crippen molar-refractivity contribution in [3.05, 3.63) is 83.7 Å². The molecule has 0 aliphatic carbocycles. The number of carbonyl (C=O) groups is 2. The fourth-order valence-corrected chi connectivity index (χ4v) is 3.79. The van der Waals surface area contributed by atoms with Crippen molar-refractivity contribution in [3.63, 3.8) is 0 Å². The third-order valence-corrected chi connectivity index (χ3v) is 5.37. The first-order valence-electron chi connectivity index (χ1n) is 10.0. The van der Waals surface area contributed by atoms with Gasteiger partial charge in [0.25, 0.3) is 12.4 Å². The van der Waals surface area contributed by atoms with Gasteiger partial charge in [0.15, 0.2) is 0 Å². The molecule has 2 aromatic heterocycles. The minimum absolute atomic E-state index is 0.00430. The lowest BCUT2D eigenvalue weighted by atomic mass is 9.90. The number of aromatic amines is 1. The number of H-pyrrole nitrogens is 1. The van der Waals surface area contributed by atoms with Crippen LogP contribution in [0.4, 0.5) is 0 Å². The molecule has 1 atom stereocenters. The molecule has 168 valence electrons. The maximum Gasteiger partial charge on any atom is 0.290 e. The topological polar surface area (TPSA) is 139 Å². The number of carboxylic acid groups (broad SMARTS) is 1. The molecule has 3 heterocycles.